The Bertz CT molecular complexity index is 1740. The van der Waals surface area contributed by atoms with Crippen molar-refractivity contribution in [2.75, 3.05) is 13.2 Å². The van der Waals surface area contributed by atoms with Gasteiger partial charge < -0.3 is 23.7 Å². The first-order chi connectivity index (χ1) is 23.3. The molecule has 2 heterocycles. The van der Waals surface area contributed by atoms with E-state index in [0.717, 1.165) is 16.7 Å². The number of carbonyl (C=O) groups is 4. The van der Waals surface area contributed by atoms with Crippen LogP contribution in [0.25, 0.3) is 0 Å². The van der Waals surface area contributed by atoms with E-state index in [1.807, 2.05) is 73.7 Å². The molecule has 6 rings (SSSR count). The number of rotatable bonds is 12. The van der Waals surface area contributed by atoms with Crippen molar-refractivity contribution >= 4 is 23.9 Å². The predicted molar refractivity (Wildman–Crippen MR) is 173 cm³/mol. The lowest BCUT2D eigenvalue weighted by atomic mass is 9.67. The van der Waals surface area contributed by atoms with Crippen LogP contribution in [0.2, 0.25) is 0 Å². The van der Waals surface area contributed by atoms with Gasteiger partial charge in [-0.1, -0.05) is 96.6 Å². The monoisotopic (exact) mass is 648 g/mol. The molecule has 0 aliphatic carbocycles. The van der Waals surface area contributed by atoms with E-state index < -0.39 is 53.3 Å². The molecule has 246 valence electrons. The number of hydrogen-bond acceptors (Lipinski definition) is 9. The fraction of sp³-hybridized carbons (Fsp3) is 0.282. The van der Waals surface area contributed by atoms with Crippen LogP contribution in [0.1, 0.15) is 43.8 Å². The fourth-order valence-electron chi connectivity index (χ4n) is 6.55. The third-order valence-electron chi connectivity index (χ3n) is 8.84. The highest BCUT2D eigenvalue weighted by molar-refractivity contribution is 5.90. The summed E-state index contributed by atoms with van der Waals surface area (Å²) < 4.78 is 29.5. The van der Waals surface area contributed by atoms with Gasteiger partial charge in [0.05, 0.1) is 29.8 Å². The van der Waals surface area contributed by atoms with Crippen molar-refractivity contribution in [1.29, 1.82) is 0 Å². The van der Waals surface area contributed by atoms with Gasteiger partial charge in [-0.05, 0) is 48.7 Å². The van der Waals surface area contributed by atoms with E-state index in [-0.39, 0.29) is 32.8 Å². The topological polar surface area (TPSA) is 114 Å². The van der Waals surface area contributed by atoms with Gasteiger partial charge in [0.15, 0.2) is 0 Å². The van der Waals surface area contributed by atoms with Crippen LogP contribution in [0, 0.1) is 24.7 Å². The van der Waals surface area contributed by atoms with E-state index >= 15 is 0 Å². The van der Waals surface area contributed by atoms with Crippen molar-refractivity contribution in [3.8, 4) is 0 Å². The smallest absolute Gasteiger partial charge is 0.338 e. The van der Waals surface area contributed by atoms with E-state index in [1.165, 1.54) is 0 Å². The quantitative estimate of drug-likeness (QED) is 0.137. The molecule has 2 aliphatic rings. The summed E-state index contributed by atoms with van der Waals surface area (Å²) in [5, 5.41) is 0. The van der Waals surface area contributed by atoms with Crippen LogP contribution in [0.3, 0.4) is 0 Å². The fourth-order valence-corrected chi connectivity index (χ4v) is 6.55. The molecule has 5 atom stereocenters. The summed E-state index contributed by atoms with van der Waals surface area (Å²) in [5.74, 6) is -5.21. The summed E-state index contributed by atoms with van der Waals surface area (Å²) >= 11 is 0. The molecule has 0 radical (unpaired) electrons. The molecule has 2 saturated heterocycles. The van der Waals surface area contributed by atoms with Crippen molar-refractivity contribution in [2.45, 2.75) is 38.3 Å². The minimum absolute atomic E-state index is 0.0162. The van der Waals surface area contributed by atoms with Gasteiger partial charge in [0.1, 0.15) is 31.3 Å². The SMILES string of the molecule is Cc1cccc(C(=O)OC[C@@]23C[C@H](COC(=O)c4ccccc4)[C@@H](O2)[C@@H](C(=O)OCc2ccccc2)[C@H]3C(=O)OCc2ccccc2)c1. The second-order valence-electron chi connectivity index (χ2n) is 12.2. The van der Waals surface area contributed by atoms with Crippen molar-refractivity contribution in [1.82, 2.24) is 0 Å². The van der Waals surface area contributed by atoms with Crippen LogP contribution in [0.4, 0.5) is 0 Å². The molecule has 4 aromatic rings. The second-order valence-corrected chi connectivity index (χ2v) is 12.2. The van der Waals surface area contributed by atoms with Gasteiger partial charge in [0.25, 0.3) is 0 Å². The first-order valence-electron chi connectivity index (χ1n) is 15.9. The lowest BCUT2D eigenvalue weighted by molar-refractivity contribution is -0.167. The zero-order chi connectivity index (χ0) is 33.5. The van der Waals surface area contributed by atoms with Crippen molar-refractivity contribution < 1.29 is 42.9 Å². The molecule has 4 aromatic carbocycles. The zero-order valence-electron chi connectivity index (χ0n) is 26.5. The third-order valence-corrected chi connectivity index (χ3v) is 8.84. The van der Waals surface area contributed by atoms with Gasteiger partial charge in [-0.25, -0.2) is 9.59 Å². The Balaban J connectivity index is 1.28. The van der Waals surface area contributed by atoms with Gasteiger partial charge in [-0.3, -0.25) is 9.59 Å². The Labute approximate surface area is 278 Å². The van der Waals surface area contributed by atoms with Crippen molar-refractivity contribution in [3.05, 3.63) is 143 Å². The summed E-state index contributed by atoms with van der Waals surface area (Å²) in [6.07, 6.45) is -0.696. The molecule has 2 aliphatic heterocycles. The number of ether oxygens (including phenoxy) is 5. The molecule has 0 spiro atoms. The average Bonchev–Trinajstić information content (AvgIpc) is 3.66. The Kier molecular flexibility index (Phi) is 9.96. The number of hydrogen-bond donors (Lipinski definition) is 0. The highest BCUT2D eigenvalue weighted by Crippen LogP contribution is 2.55. The second kappa shape index (κ2) is 14.6. The molecule has 2 fully saturated rings. The first kappa shape index (κ1) is 32.7. The van der Waals surface area contributed by atoms with E-state index in [9.17, 15) is 19.2 Å². The molecule has 0 saturated carbocycles. The summed E-state index contributed by atoms with van der Waals surface area (Å²) in [5.41, 5.74) is 1.71. The average molecular weight is 649 g/mol. The maximum Gasteiger partial charge on any atom is 0.338 e. The van der Waals surface area contributed by atoms with Gasteiger partial charge in [-0.2, -0.15) is 0 Å². The highest BCUT2D eigenvalue weighted by Gasteiger charge is 2.69. The maximum atomic E-state index is 14.0. The van der Waals surface area contributed by atoms with Crippen molar-refractivity contribution in [3.63, 3.8) is 0 Å². The lowest BCUT2D eigenvalue weighted by Gasteiger charge is -2.36. The molecule has 2 bridgehead atoms. The van der Waals surface area contributed by atoms with Crippen LogP contribution in [-0.2, 0) is 46.5 Å². The predicted octanol–water partition coefficient (Wildman–Crippen LogP) is 5.89. The standard InChI is InChI=1S/C39H36O9/c1-26-12-11-19-30(20-26)36(41)47-25-39-21-31(24-46-35(40)29-17-9-4-10-18-29)34(48-39)32(37(42)44-22-27-13-5-2-6-14-27)33(39)38(43)45-23-28-15-7-3-8-16-28/h2-20,31-34H,21-25H2,1H3/t31-,32+,33+,34-,39-/m1/s1. The van der Waals surface area contributed by atoms with E-state index in [4.69, 9.17) is 23.7 Å². The Morgan fingerprint density at radius 2 is 1.23 bits per heavy atom. The Hall–Kier alpha value is -5.28. The Morgan fingerprint density at radius 1 is 0.667 bits per heavy atom. The largest absolute Gasteiger partial charge is 0.462 e. The number of benzene rings is 4. The summed E-state index contributed by atoms with van der Waals surface area (Å²) in [6, 6.07) is 33.9. The molecule has 9 heteroatoms. The van der Waals surface area contributed by atoms with Crippen LogP contribution in [0.15, 0.2) is 115 Å². The molecule has 9 nitrogen and oxygen atoms in total. The summed E-state index contributed by atoms with van der Waals surface area (Å²) in [7, 11) is 0. The summed E-state index contributed by atoms with van der Waals surface area (Å²) in [4.78, 5) is 53.9. The number of esters is 4. The van der Waals surface area contributed by atoms with Gasteiger partial charge in [0, 0.05) is 5.92 Å². The molecule has 0 N–H and O–H groups in total. The van der Waals surface area contributed by atoms with E-state index in [1.54, 1.807) is 48.5 Å². The molecule has 0 unspecified atom stereocenters. The number of carbonyl (C=O) groups excluding carboxylic acids is 4. The molecular formula is C39H36O9. The number of aryl methyl sites for hydroxylation is 1. The third kappa shape index (κ3) is 7.31. The lowest BCUT2D eigenvalue weighted by Crippen LogP contribution is -2.52. The minimum atomic E-state index is -1.43. The molecule has 0 amide bonds. The summed E-state index contributed by atoms with van der Waals surface area (Å²) in [6.45, 7) is 1.41. The van der Waals surface area contributed by atoms with Crippen LogP contribution < -0.4 is 0 Å². The minimum Gasteiger partial charge on any atom is -0.462 e. The van der Waals surface area contributed by atoms with Crippen molar-refractivity contribution in [2.24, 2.45) is 17.8 Å². The van der Waals surface area contributed by atoms with E-state index in [0.29, 0.717) is 11.1 Å². The van der Waals surface area contributed by atoms with Crippen LogP contribution in [-0.4, -0.2) is 48.8 Å². The normalized spacial score (nSPS) is 22.4. The van der Waals surface area contributed by atoms with Gasteiger partial charge >= 0.3 is 23.9 Å². The molecule has 48 heavy (non-hydrogen) atoms. The van der Waals surface area contributed by atoms with Gasteiger partial charge in [-0.15, -0.1) is 0 Å². The Morgan fingerprint density at radius 3 is 1.85 bits per heavy atom. The van der Waals surface area contributed by atoms with Crippen LogP contribution >= 0.6 is 0 Å². The van der Waals surface area contributed by atoms with E-state index in [2.05, 4.69) is 0 Å². The maximum absolute atomic E-state index is 14.0. The van der Waals surface area contributed by atoms with Gasteiger partial charge in [0.2, 0.25) is 0 Å². The molecular weight excluding hydrogens is 612 g/mol. The number of fused-ring (bicyclic) bond motifs is 2. The molecule has 0 aromatic heterocycles. The highest BCUT2D eigenvalue weighted by atomic mass is 16.6. The van der Waals surface area contributed by atoms with Crippen LogP contribution in [0.5, 0.6) is 0 Å². The first-order valence-corrected chi connectivity index (χ1v) is 15.9. The zero-order valence-corrected chi connectivity index (χ0v) is 26.5.